The highest BCUT2D eigenvalue weighted by molar-refractivity contribution is 9.09. The van der Waals surface area contributed by atoms with Crippen LogP contribution in [-0.4, -0.2) is 23.0 Å². The molecule has 1 saturated heterocycles. The van der Waals surface area contributed by atoms with Gasteiger partial charge < -0.3 is 14.6 Å². The summed E-state index contributed by atoms with van der Waals surface area (Å²) in [4.78, 5) is 0. The van der Waals surface area contributed by atoms with Gasteiger partial charge in [-0.05, 0) is 34.8 Å². The van der Waals surface area contributed by atoms with Gasteiger partial charge in [-0.15, -0.1) is 0 Å². The van der Waals surface area contributed by atoms with Crippen molar-refractivity contribution in [3.63, 3.8) is 0 Å². The third-order valence-corrected chi connectivity index (χ3v) is 3.17. The van der Waals surface area contributed by atoms with Crippen LogP contribution >= 0.6 is 15.9 Å². The normalized spacial score (nSPS) is 26.8. The van der Waals surface area contributed by atoms with Gasteiger partial charge in [-0.25, -0.2) is 0 Å². The van der Waals surface area contributed by atoms with E-state index in [4.69, 9.17) is 14.6 Å². The molecule has 3 atom stereocenters. The Labute approximate surface area is 110 Å². The molecule has 0 aliphatic carbocycles. The number of ether oxygens (including phenoxy) is 2. The first kappa shape index (κ1) is 13.0. The smallest absolute Gasteiger partial charge is 0.213 e. The molecule has 0 saturated carbocycles. The maximum atomic E-state index is 9.16. The van der Waals surface area contributed by atoms with Gasteiger partial charge in [0.05, 0.1) is 12.2 Å². The lowest BCUT2D eigenvalue weighted by atomic mass is 9.98. The molecule has 1 aromatic carbocycles. The van der Waals surface area contributed by atoms with E-state index in [2.05, 4.69) is 41.1 Å². The third kappa shape index (κ3) is 3.78. The summed E-state index contributed by atoms with van der Waals surface area (Å²) in [6, 6.07) is 8.32. The minimum Gasteiger partial charge on any atom is -0.373 e. The first-order chi connectivity index (χ1) is 8.15. The van der Waals surface area contributed by atoms with E-state index in [0.29, 0.717) is 6.61 Å². The van der Waals surface area contributed by atoms with Crippen LogP contribution in [0.3, 0.4) is 0 Å². The number of halogens is 1. The summed E-state index contributed by atoms with van der Waals surface area (Å²) in [5.74, 6) is 0. The van der Waals surface area contributed by atoms with Crippen LogP contribution in [-0.2, 0) is 9.47 Å². The van der Waals surface area contributed by atoms with Gasteiger partial charge in [0, 0.05) is 13.0 Å². The zero-order valence-electron chi connectivity index (χ0n) is 9.80. The molecule has 0 spiro atoms. The molecule has 4 heteroatoms. The molecule has 1 fully saturated rings. The Hall–Kier alpha value is -0.420. The molecule has 94 valence electrons. The molecule has 0 amide bonds. The summed E-state index contributed by atoms with van der Waals surface area (Å²) in [5.41, 5.74) is 2.41. The van der Waals surface area contributed by atoms with Crippen molar-refractivity contribution in [1.82, 2.24) is 0 Å². The Morgan fingerprint density at radius 3 is 3.06 bits per heavy atom. The Bertz CT molecular complexity index is 367. The highest BCUT2D eigenvalue weighted by Crippen LogP contribution is 2.30. The molecule has 0 bridgehead atoms. The molecule has 3 nitrogen and oxygen atoms in total. The first-order valence-corrected chi connectivity index (χ1v) is 6.72. The Kier molecular flexibility index (Phi) is 4.56. The number of hydrogen-bond acceptors (Lipinski definition) is 3. The first-order valence-electron chi connectivity index (χ1n) is 5.81. The maximum absolute atomic E-state index is 9.16. The monoisotopic (exact) mass is 300 g/mol. The highest BCUT2D eigenvalue weighted by atomic mass is 79.9. The van der Waals surface area contributed by atoms with Crippen molar-refractivity contribution in [3.05, 3.63) is 35.4 Å². The molecule has 1 aliphatic rings. The van der Waals surface area contributed by atoms with Crippen molar-refractivity contribution in [3.8, 4) is 0 Å². The number of alkyl halides is 1. The molecule has 3 unspecified atom stereocenters. The Morgan fingerprint density at radius 2 is 2.35 bits per heavy atom. The van der Waals surface area contributed by atoms with Gasteiger partial charge in [0.15, 0.2) is 0 Å². The predicted molar refractivity (Wildman–Crippen MR) is 68.9 cm³/mol. The average Bonchev–Trinajstić information content (AvgIpc) is 2.28. The minimum absolute atomic E-state index is 0.0450. The molecule has 1 N–H and O–H groups in total. The second-order valence-electron chi connectivity index (χ2n) is 4.35. The molecule has 17 heavy (non-hydrogen) atoms. The summed E-state index contributed by atoms with van der Waals surface area (Å²) in [6.07, 6.45) is 1.72. The average molecular weight is 301 g/mol. The van der Waals surface area contributed by atoms with Crippen LogP contribution in [0.15, 0.2) is 24.3 Å². The van der Waals surface area contributed by atoms with Gasteiger partial charge in [0.1, 0.15) is 0 Å². The summed E-state index contributed by atoms with van der Waals surface area (Å²) in [7, 11) is 0. The van der Waals surface area contributed by atoms with Crippen molar-refractivity contribution in [2.75, 3.05) is 6.61 Å². The third-order valence-electron chi connectivity index (χ3n) is 2.95. The van der Waals surface area contributed by atoms with Crippen LogP contribution < -0.4 is 0 Å². The largest absolute Gasteiger partial charge is 0.373 e. The highest BCUT2D eigenvalue weighted by Gasteiger charge is 2.25. The van der Waals surface area contributed by atoms with Crippen LogP contribution in [0.5, 0.6) is 0 Å². The molecule has 0 radical (unpaired) electrons. The van der Waals surface area contributed by atoms with Crippen molar-refractivity contribution >= 4 is 15.9 Å². The van der Waals surface area contributed by atoms with E-state index in [1.165, 1.54) is 11.1 Å². The number of aliphatic hydroxyl groups excluding tert-OH is 1. The lowest BCUT2D eigenvalue weighted by Gasteiger charge is -2.30. The van der Waals surface area contributed by atoms with Gasteiger partial charge in [-0.2, -0.15) is 0 Å². The van der Waals surface area contributed by atoms with Crippen LogP contribution in [0.1, 0.15) is 30.1 Å². The Morgan fingerprint density at radius 1 is 1.53 bits per heavy atom. The summed E-state index contributed by atoms with van der Waals surface area (Å²) < 4.78 is 11.1. The second-order valence-corrected chi connectivity index (χ2v) is 5.13. The van der Waals surface area contributed by atoms with Gasteiger partial charge in [0.2, 0.25) is 5.20 Å². The number of aryl methyl sites for hydroxylation is 1. The minimum atomic E-state index is -0.885. The van der Waals surface area contributed by atoms with E-state index >= 15 is 0 Å². The zero-order valence-corrected chi connectivity index (χ0v) is 11.4. The Balaban J connectivity index is 2.02. The van der Waals surface area contributed by atoms with Gasteiger partial charge in [-0.3, -0.25) is 0 Å². The SMILES string of the molecule is Cc1cccc(C2CC(OC(O)Br)CCO2)c1. The van der Waals surface area contributed by atoms with Crippen molar-refractivity contribution in [2.45, 2.75) is 37.2 Å². The van der Waals surface area contributed by atoms with Crippen LogP contribution in [0.2, 0.25) is 0 Å². The fraction of sp³-hybridized carbons (Fsp3) is 0.538. The lowest BCUT2D eigenvalue weighted by Crippen LogP contribution is -2.28. The van der Waals surface area contributed by atoms with Crippen LogP contribution in [0.4, 0.5) is 0 Å². The van der Waals surface area contributed by atoms with Crippen molar-refractivity contribution < 1.29 is 14.6 Å². The fourth-order valence-electron chi connectivity index (χ4n) is 2.15. The quantitative estimate of drug-likeness (QED) is 0.689. The number of benzene rings is 1. The van der Waals surface area contributed by atoms with Crippen molar-refractivity contribution in [2.24, 2.45) is 0 Å². The number of aliphatic hydroxyl groups is 1. The van der Waals surface area contributed by atoms with Crippen LogP contribution in [0, 0.1) is 6.92 Å². The molecule has 1 aliphatic heterocycles. The number of hydrogen-bond donors (Lipinski definition) is 1. The number of rotatable bonds is 3. The maximum Gasteiger partial charge on any atom is 0.213 e. The summed E-state index contributed by atoms with van der Waals surface area (Å²) >= 11 is 2.99. The van der Waals surface area contributed by atoms with E-state index in [1.807, 2.05) is 6.07 Å². The molecular weight excluding hydrogens is 284 g/mol. The molecule has 0 aromatic heterocycles. The molecular formula is C13H17BrO3. The molecule has 2 rings (SSSR count). The van der Waals surface area contributed by atoms with Gasteiger partial charge >= 0.3 is 0 Å². The van der Waals surface area contributed by atoms with Gasteiger partial charge in [0.25, 0.3) is 0 Å². The van der Waals surface area contributed by atoms with E-state index in [1.54, 1.807) is 0 Å². The van der Waals surface area contributed by atoms with Crippen LogP contribution in [0.25, 0.3) is 0 Å². The lowest BCUT2D eigenvalue weighted by molar-refractivity contribution is -0.126. The second kappa shape index (κ2) is 5.96. The van der Waals surface area contributed by atoms with E-state index in [-0.39, 0.29) is 12.2 Å². The molecule has 1 aromatic rings. The van der Waals surface area contributed by atoms with E-state index < -0.39 is 5.20 Å². The predicted octanol–water partition coefficient (Wildman–Crippen LogP) is 2.90. The topological polar surface area (TPSA) is 38.7 Å². The van der Waals surface area contributed by atoms with E-state index in [0.717, 1.165) is 12.8 Å². The van der Waals surface area contributed by atoms with Crippen molar-refractivity contribution in [1.29, 1.82) is 0 Å². The zero-order chi connectivity index (χ0) is 12.3. The van der Waals surface area contributed by atoms with E-state index in [9.17, 15) is 0 Å². The standard InChI is InChI=1S/C13H17BrO3/c1-9-3-2-4-10(7-9)12-8-11(5-6-16-12)17-13(14)15/h2-4,7,11-13,15H,5-6,8H2,1H3. The fourth-order valence-corrected chi connectivity index (χ4v) is 2.46. The van der Waals surface area contributed by atoms with Gasteiger partial charge in [-0.1, -0.05) is 29.8 Å². The summed E-state index contributed by atoms with van der Waals surface area (Å²) in [5, 5.41) is 8.27. The molecule has 1 heterocycles. The summed E-state index contributed by atoms with van der Waals surface area (Å²) in [6.45, 7) is 2.74.